The summed E-state index contributed by atoms with van der Waals surface area (Å²) in [6.07, 6.45) is 8.83. The van der Waals surface area contributed by atoms with Crippen molar-refractivity contribution in [3.63, 3.8) is 0 Å². The summed E-state index contributed by atoms with van der Waals surface area (Å²) < 4.78 is 0. The SMILES string of the molecule is O=C(CSc1ccccc1C(=O)NC1C2CC3CC(C2)CC1C3)NC1CC1. The quantitative estimate of drug-likeness (QED) is 0.737. The summed E-state index contributed by atoms with van der Waals surface area (Å²) in [6, 6.07) is 8.45. The molecule has 0 aliphatic heterocycles. The zero-order valence-electron chi connectivity index (χ0n) is 15.7. The maximum absolute atomic E-state index is 13.1. The zero-order chi connectivity index (χ0) is 18.4. The molecule has 1 aromatic carbocycles. The molecule has 5 heteroatoms. The van der Waals surface area contributed by atoms with Crippen LogP contribution in [0.15, 0.2) is 29.2 Å². The lowest BCUT2D eigenvalue weighted by atomic mass is 9.54. The van der Waals surface area contributed by atoms with Crippen LogP contribution in [0.3, 0.4) is 0 Å². The summed E-state index contributed by atoms with van der Waals surface area (Å²) >= 11 is 1.47. The minimum Gasteiger partial charge on any atom is -0.353 e. The molecule has 0 heterocycles. The van der Waals surface area contributed by atoms with Crippen LogP contribution in [0, 0.1) is 23.7 Å². The number of thioether (sulfide) groups is 1. The molecule has 2 N–H and O–H groups in total. The van der Waals surface area contributed by atoms with Crippen LogP contribution in [-0.2, 0) is 4.79 Å². The largest absolute Gasteiger partial charge is 0.353 e. The van der Waals surface area contributed by atoms with E-state index >= 15 is 0 Å². The standard InChI is InChI=1S/C22H28N2O2S/c25-20(23-17-5-6-17)12-27-19-4-2-1-3-18(19)22(26)24-21-15-8-13-7-14(10-15)11-16(21)9-13/h1-4,13-17,21H,5-12H2,(H,23,25)(H,24,26). The normalized spacial score (nSPS) is 33.7. The Kier molecular flexibility index (Phi) is 4.66. The van der Waals surface area contributed by atoms with Gasteiger partial charge in [0, 0.05) is 17.0 Å². The Morgan fingerprint density at radius 3 is 2.26 bits per heavy atom. The van der Waals surface area contributed by atoms with E-state index in [1.807, 2.05) is 24.3 Å². The van der Waals surface area contributed by atoms with Crippen LogP contribution < -0.4 is 10.6 Å². The summed E-state index contributed by atoms with van der Waals surface area (Å²) in [5, 5.41) is 6.41. The van der Waals surface area contributed by atoms with E-state index in [1.54, 1.807) is 0 Å². The Morgan fingerprint density at radius 2 is 1.59 bits per heavy atom. The Balaban J connectivity index is 1.24. The topological polar surface area (TPSA) is 58.2 Å². The van der Waals surface area contributed by atoms with Gasteiger partial charge < -0.3 is 10.6 Å². The minimum absolute atomic E-state index is 0.0400. The van der Waals surface area contributed by atoms with E-state index in [2.05, 4.69) is 10.6 Å². The van der Waals surface area contributed by atoms with Crippen LogP contribution in [0.5, 0.6) is 0 Å². The van der Waals surface area contributed by atoms with E-state index in [-0.39, 0.29) is 11.8 Å². The van der Waals surface area contributed by atoms with Gasteiger partial charge in [-0.3, -0.25) is 9.59 Å². The third-order valence-electron chi connectivity index (χ3n) is 6.96. The van der Waals surface area contributed by atoms with Gasteiger partial charge in [0.25, 0.3) is 5.91 Å². The smallest absolute Gasteiger partial charge is 0.252 e. The molecule has 0 unspecified atom stereocenters. The first-order valence-electron chi connectivity index (χ1n) is 10.5. The first-order chi connectivity index (χ1) is 13.2. The van der Waals surface area contributed by atoms with Crippen molar-refractivity contribution in [3.05, 3.63) is 29.8 Å². The van der Waals surface area contributed by atoms with Crippen LogP contribution in [0.4, 0.5) is 0 Å². The second kappa shape index (κ2) is 7.16. The molecule has 6 rings (SSSR count). The third kappa shape index (κ3) is 3.75. The lowest BCUT2D eigenvalue weighted by molar-refractivity contribution is -0.118. The molecule has 5 aliphatic carbocycles. The van der Waals surface area contributed by atoms with Crippen molar-refractivity contribution >= 4 is 23.6 Å². The fraction of sp³-hybridized carbons (Fsp3) is 0.636. The van der Waals surface area contributed by atoms with Crippen molar-refractivity contribution in [2.75, 3.05) is 5.75 Å². The predicted octanol–water partition coefficient (Wildman–Crippen LogP) is 3.61. The lowest BCUT2D eigenvalue weighted by Crippen LogP contribution is -2.55. The monoisotopic (exact) mass is 384 g/mol. The van der Waals surface area contributed by atoms with Gasteiger partial charge in [-0.05, 0) is 80.8 Å². The van der Waals surface area contributed by atoms with Gasteiger partial charge in [-0.2, -0.15) is 0 Å². The highest BCUT2D eigenvalue weighted by atomic mass is 32.2. The lowest BCUT2D eigenvalue weighted by Gasteiger charge is -2.54. The maximum Gasteiger partial charge on any atom is 0.252 e. The summed E-state index contributed by atoms with van der Waals surface area (Å²) in [6.45, 7) is 0. The number of rotatable bonds is 6. The Morgan fingerprint density at radius 1 is 0.926 bits per heavy atom. The van der Waals surface area contributed by atoms with Crippen LogP contribution in [0.2, 0.25) is 0 Å². The van der Waals surface area contributed by atoms with Crippen molar-refractivity contribution in [1.29, 1.82) is 0 Å². The van der Waals surface area contributed by atoms with Crippen LogP contribution in [-0.4, -0.2) is 29.7 Å². The molecular weight excluding hydrogens is 356 g/mol. The van der Waals surface area contributed by atoms with Crippen molar-refractivity contribution < 1.29 is 9.59 Å². The second-order valence-corrected chi connectivity index (χ2v) is 10.1. The van der Waals surface area contributed by atoms with Crippen molar-refractivity contribution in [1.82, 2.24) is 10.6 Å². The molecule has 5 fully saturated rings. The van der Waals surface area contributed by atoms with Crippen LogP contribution in [0.1, 0.15) is 55.3 Å². The van der Waals surface area contributed by atoms with Gasteiger partial charge in [0.05, 0.1) is 11.3 Å². The molecule has 5 saturated carbocycles. The van der Waals surface area contributed by atoms with E-state index in [1.165, 1.54) is 43.9 Å². The first-order valence-corrected chi connectivity index (χ1v) is 11.5. The Bertz CT molecular complexity index is 718. The summed E-state index contributed by atoms with van der Waals surface area (Å²) in [5.41, 5.74) is 0.718. The number of hydrogen-bond donors (Lipinski definition) is 2. The van der Waals surface area contributed by atoms with Crippen molar-refractivity contribution in [3.8, 4) is 0 Å². The molecule has 27 heavy (non-hydrogen) atoms. The minimum atomic E-state index is 0.0400. The van der Waals surface area contributed by atoms with Crippen molar-refractivity contribution in [2.45, 2.75) is 61.9 Å². The molecule has 0 radical (unpaired) electrons. The van der Waals surface area contributed by atoms with Gasteiger partial charge in [-0.1, -0.05) is 12.1 Å². The third-order valence-corrected chi connectivity index (χ3v) is 8.03. The Labute approximate surface area is 165 Å². The Hall–Kier alpha value is -1.49. The number of benzene rings is 1. The van der Waals surface area contributed by atoms with Crippen molar-refractivity contribution in [2.24, 2.45) is 23.7 Å². The molecule has 144 valence electrons. The average Bonchev–Trinajstić information content (AvgIpc) is 3.46. The highest BCUT2D eigenvalue weighted by Crippen LogP contribution is 2.53. The van der Waals surface area contributed by atoms with Crippen LogP contribution in [0.25, 0.3) is 0 Å². The highest BCUT2D eigenvalue weighted by molar-refractivity contribution is 8.00. The predicted molar refractivity (Wildman–Crippen MR) is 107 cm³/mol. The maximum atomic E-state index is 13.1. The molecule has 0 saturated heterocycles. The highest BCUT2D eigenvalue weighted by Gasteiger charge is 2.48. The van der Waals surface area contributed by atoms with E-state index in [0.29, 0.717) is 29.7 Å². The first kappa shape index (κ1) is 17.6. The summed E-state index contributed by atoms with van der Waals surface area (Å²) in [7, 11) is 0. The van der Waals surface area contributed by atoms with E-state index < -0.39 is 0 Å². The van der Waals surface area contributed by atoms with E-state index in [0.717, 1.165) is 35.1 Å². The molecule has 4 bridgehead atoms. The summed E-state index contributed by atoms with van der Waals surface area (Å²) in [4.78, 5) is 26.0. The van der Waals surface area contributed by atoms with Crippen LogP contribution >= 0.6 is 11.8 Å². The molecule has 0 spiro atoms. The molecule has 0 aromatic heterocycles. The number of amides is 2. The molecule has 0 atom stereocenters. The van der Waals surface area contributed by atoms with Gasteiger partial charge in [-0.15, -0.1) is 11.8 Å². The molecule has 1 aromatic rings. The zero-order valence-corrected chi connectivity index (χ0v) is 16.5. The van der Waals surface area contributed by atoms with Gasteiger partial charge in [-0.25, -0.2) is 0 Å². The summed E-state index contributed by atoms with van der Waals surface area (Å²) in [5.74, 6) is 3.65. The van der Waals surface area contributed by atoms with E-state index in [4.69, 9.17) is 0 Å². The second-order valence-electron chi connectivity index (χ2n) is 9.06. The molecule has 4 nitrogen and oxygen atoms in total. The van der Waals surface area contributed by atoms with Gasteiger partial charge in [0.2, 0.25) is 5.91 Å². The number of carbonyl (C=O) groups is 2. The molecule has 5 aliphatic rings. The number of nitrogens with one attached hydrogen (secondary N) is 2. The fourth-order valence-corrected chi connectivity index (χ4v) is 6.67. The van der Waals surface area contributed by atoms with Gasteiger partial charge in [0.1, 0.15) is 0 Å². The van der Waals surface area contributed by atoms with E-state index in [9.17, 15) is 9.59 Å². The van der Waals surface area contributed by atoms with Gasteiger partial charge >= 0.3 is 0 Å². The molecular formula is C22H28N2O2S. The molecule has 2 amide bonds. The fourth-order valence-electron chi connectivity index (χ4n) is 5.81. The average molecular weight is 385 g/mol. The van der Waals surface area contributed by atoms with Gasteiger partial charge in [0.15, 0.2) is 0 Å². The number of hydrogen-bond acceptors (Lipinski definition) is 3. The number of carbonyl (C=O) groups excluding carboxylic acids is 2.